The molecule has 0 saturated carbocycles. The molecule has 38 heavy (non-hydrogen) atoms. The van der Waals surface area contributed by atoms with E-state index in [0.717, 1.165) is 22.4 Å². The number of aromatic nitrogens is 1. The van der Waals surface area contributed by atoms with Crippen LogP contribution in [0.2, 0.25) is 5.15 Å². The number of primary sulfonamides is 1. The van der Waals surface area contributed by atoms with Gasteiger partial charge in [0.2, 0.25) is 0 Å². The Kier molecular flexibility index (Phi) is 7.31. The first-order chi connectivity index (χ1) is 17.7. The molecular formula is C28H31ClN4O4S. The van der Waals surface area contributed by atoms with E-state index in [-0.39, 0.29) is 27.3 Å². The second kappa shape index (κ2) is 10.1. The highest BCUT2D eigenvalue weighted by Gasteiger charge is 2.24. The third-order valence-corrected chi connectivity index (χ3v) is 7.62. The van der Waals surface area contributed by atoms with E-state index in [1.165, 1.54) is 12.1 Å². The van der Waals surface area contributed by atoms with Gasteiger partial charge in [0.05, 0.1) is 17.1 Å². The van der Waals surface area contributed by atoms with Crippen LogP contribution in [0.25, 0.3) is 16.5 Å². The molecule has 0 spiro atoms. The van der Waals surface area contributed by atoms with Crippen LogP contribution in [0, 0.1) is 13.8 Å². The molecule has 0 unspecified atom stereocenters. The van der Waals surface area contributed by atoms with Crippen molar-refractivity contribution in [3.63, 3.8) is 0 Å². The minimum absolute atomic E-state index is 0.00146. The van der Waals surface area contributed by atoms with E-state index in [4.69, 9.17) is 21.2 Å². The van der Waals surface area contributed by atoms with Gasteiger partial charge < -0.3 is 14.6 Å². The number of sulfonamides is 1. The largest absolute Gasteiger partial charge is 0.455 e. The van der Waals surface area contributed by atoms with Crippen LogP contribution in [-0.2, 0) is 10.0 Å². The average Bonchev–Trinajstić information content (AvgIpc) is 2.83. The molecule has 0 radical (unpaired) electrons. The highest BCUT2D eigenvalue weighted by molar-refractivity contribution is 7.89. The number of hydrogen-bond acceptors (Lipinski definition) is 7. The van der Waals surface area contributed by atoms with Gasteiger partial charge in [-0.15, -0.1) is 0 Å². The van der Waals surface area contributed by atoms with Gasteiger partial charge in [0.25, 0.3) is 10.0 Å². The molecule has 1 aromatic carbocycles. The SMILES string of the molecule is C=C1C(C)=CC(c2oc3c([C@@H](C)Nc4ccc(Cl)nc4S(N)(=O)=O)cc(C)cc3c(=O)c2C)=CN1C(C)C. The molecule has 4 rings (SSSR count). The predicted molar refractivity (Wildman–Crippen MR) is 152 cm³/mol. The first kappa shape index (κ1) is 27.6. The molecule has 3 N–H and O–H groups in total. The van der Waals surface area contributed by atoms with Gasteiger partial charge in [-0.2, -0.15) is 0 Å². The molecule has 1 atom stereocenters. The second-order valence-electron chi connectivity index (χ2n) is 9.87. The molecule has 2 aromatic heterocycles. The zero-order valence-electron chi connectivity index (χ0n) is 22.2. The molecule has 3 aromatic rings. The van der Waals surface area contributed by atoms with Crippen molar-refractivity contribution in [3.05, 3.63) is 92.2 Å². The van der Waals surface area contributed by atoms with E-state index in [2.05, 4.69) is 35.6 Å². The van der Waals surface area contributed by atoms with Gasteiger partial charge in [-0.25, -0.2) is 18.5 Å². The first-order valence-electron chi connectivity index (χ1n) is 12.1. The van der Waals surface area contributed by atoms with Crippen molar-refractivity contribution in [1.29, 1.82) is 0 Å². The average molecular weight is 555 g/mol. The lowest BCUT2D eigenvalue weighted by Crippen LogP contribution is -2.27. The number of nitrogens with two attached hydrogens (primary N) is 1. The van der Waals surface area contributed by atoms with Crippen LogP contribution in [0.1, 0.15) is 56.2 Å². The number of benzene rings is 1. The highest BCUT2D eigenvalue weighted by atomic mass is 35.5. The van der Waals surface area contributed by atoms with Crippen LogP contribution < -0.4 is 15.9 Å². The molecule has 0 aliphatic carbocycles. The Hall–Kier alpha value is -3.40. The van der Waals surface area contributed by atoms with Gasteiger partial charge in [0.15, 0.2) is 10.5 Å². The van der Waals surface area contributed by atoms with Crippen molar-refractivity contribution in [2.24, 2.45) is 5.14 Å². The summed E-state index contributed by atoms with van der Waals surface area (Å²) in [5.41, 5.74) is 5.13. The maximum atomic E-state index is 13.6. The fourth-order valence-electron chi connectivity index (χ4n) is 4.59. The van der Waals surface area contributed by atoms with Gasteiger partial charge in [-0.05, 0) is 77.0 Å². The first-order valence-corrected chi connectivity index (χ1v) is 14.0. The molecule has 1 aliphatic rings. The summed E-state index contributed by atoms with van der Waals surface area (Å²) in [6.45, 7) is 15.8. The number of nitrogens with one attached hydrogen (secondary N) is 1. The topological polar surface area (TPSA) is 119 Å². The van der Waals surface area contributed by atoms with Crippen LogP contribution in [0.3, 0.4) is 0 Å². The molecule has 1 aliphatic heterocycles. The number of nitrogens with zero attached hydrogens (tertiary/aromatic N) is 2. The maximum Gasteiger partial charge on any atom is 0.257 e. The number of allylic oxidation sites excluding steroid dienone is 3. The third kappa shape index (κ3) is 5.14. The van der Waals surface area contributed by atoms with Crippen molar-refractivity contribution in [1.82, 2.24) is 9.88 Å². The molecule has 0 amide bonds. The van der Waals surface area contributed by atoms with E-state index in [1.54, 1.807) is 13.0 Å². The number of pyridine rings is 1. The molecule has 0 saturated heterocycles. The van der Waals surface area contributed by atoms with Crippen LogP contribution >= 0.6 is 11.6 Å². The summed E-state index contributed by atoms with van der Waals surface area (Å²) in [5.74, 6) is 0.468. The van der Waals surface area contributed by atoms with Crippen LogP contribution in [0.4, 0.5) is 5.69 Å². The Morgan fingerprint density at radius 1 is 1.16 bits per heavy atom. The summed E-state index contributed by atoms with van der Waals surface area (Å²) in [5, 5.41) is 8.61. The van der Waals surface area contributed by atoms with Crippen molar-refractivity contribution < 1.29 is 12.8 Å². The third-order valence-electron chi connectivity index (χ3n) is 6.56. The number of hydrogen-bond donors (Lipinski definition) is 2. The Labute approximate surface area is 227 Å². The summed E-state index contributed by atoms with van der Waals surface area (Å²) in [7, 11) is -4.15. The van der Waals surface area contributed by atoms with Crippen molar-refractivity contribution in [3.8, 4) is 0 Å². The lowest BCUT2D eigenvalue weighted by atomic mass is 9.97. The molecule has 0 bridgehead atoms. The molecule has 8 nitrogen and oxygen atoms in total. The lowest BCUT2D eigenvalue weighted by molar-refractivity contribution is 0.389. The van der Waals surface area contributed by atoms with Crippen molar-refractivity contribution >= 4 is 43.9 Å². The fraction of sp³-hybridized carbons (Fsp3) is 0.286. The fourth-order valence-corrected chi connectivity index (χ4v) is 5.45. The van der Waals surface area contributed by atoms with E-state index in [0.29, 0.717) is 27.9 Å². The molecule has 0 fully saturated rings. The van der Waals surface area contributed by atoms with Gasteiger partial charge in [-0.1, -0.05) is 24.2 Å². The van der Waals surface area contributed by atoms with Crippen LogP contribution in [0.5, 0.6) is 0 Å². The van der Waals surface area contributed by atoms with E-state index in [9.17, 15) is 13.2 Å². The minimum Gasteiger partial charge on any atom is -0.455 e. The lowest BCUT2D eigenvalue weighted by Gasteiger charge is -2.31. The number of anilines is 1. The normalized spacial score (nSPS) is 15.1. The zero-order chi connectivity index (χ0) is 28.1. The summed E-state index contributed by atoms with van der Waals surface area (Å²) in [4.78, 5) is 19.5. The standard InChI is InChI=1S/C28H31ClN4O4S/c1-14(2)33-13-20(12-16(4)19(33)7)26-17(5)25(34)22-11-15(3)10-21(27(22)37-26)18(6)31-23-8-9-24(29)32-28(23)38(30,35)36/h8-14,18,31H,7H2,1-6H3,(H2,30,35,36)/t18-/m1/s1. The molecule has 10 heteroatoms. The second-order valence-corrected chi connectivity index (χ2v) is 11.7. The van der Waals surface area contributed by atoms with E-state index >= 15 is 0 Å². The van der Waals surface area contributed by atoms with Gasteiger partial charge in [0, 0.05) is 34.6 Å². The van der Waals surface area contributed by atoms with Crippen molar-refractivity contribution in [2.75, 3.05) is 5.32 Å². The van der Waals surface area contributed by atoms with E-state index in [1.807, 2.05) is 39.1 Å². The Morgan fingerprint density at radius 3 is 2.47 bits per heavy atom. The predicted octanol–water partition coefficient (Wildman–Crippen LogP) is 5.80. The van der Waals surface area contributed by atoms with Crippen LogP contribution in [0.15, 0.2) is 68.6 Å². The summed E-state index contributed by atoms with van der Waals surface area (Å²) < 4.78 is 30.8. The number of rotatable bonds is 6. The van der Waals surface area contributed by atoms with Gasteiger partial charge in [0.1, 0.15) is 16.5 Å². The molecule has 3 heterocycles. The Morgan fingerprint density at radius 2 is 1.84 bits per heavy atom. The summed E-state index contributed by atoms with van der Waals surface area (Å²) in [6, 6.07) is 6.36. The van der Waals surface area contributed by atoms with E-state index < -0.39 is 16.1 Å². The zero-order valence-corrected chi connectivity index (χ0v) is 23.8. The highest BCUT2D eigenvalue weighted by Crippen LogP contribution is 2.35. The van der Waals surface area contributed by atoms with Crippen LogP contribution in [-0.4, -0.2) is 24.3 Å². The quantitative estimate of drug-likeness (QED) is 0.369. The number of fused-ring (bicyclic) bond motifs is 1. The maximum absolute atomic E-state index is 13.6. The molecular weight excluding hydrogens is 524 g/mol. The van der Waals surface area contributed by atoms with Gasteiger partial charge >= 0.3 is 0 Å². The minimum atomic E-state index is -4.15. The monoisotopic (exact) mass is 554 g/mol. The Balaban J connectivity index is 1.90. The Bertz CT molecular complexity index is 1700. The smallest absolute Gasteiger partial charge is 0.257 e. The van der Waals surface area contributed by atoms with Crippen molar-refractivity contribution in [2.45, 2.75) is 58.7 Å². The summed E-state index contributed by atoms with van der Waals surface area (Å²) in [6.07, 6.45) is 3.91. The number of aryl methyl sites for hydroxylation is 1. The molecule has 200 valence electrons. The number of halogens is 1. The van der Waals surface area contributed by atoms with Gasteiger partial charge in [-0.3, -0.25) is 4.79 Å². The summed E-state index contributed by atoms with van der Waals surface area (Å²) >= 11 is 5.92.